The molecule has 6 nitrogen and oxygen atoms in total. The average molecular weight is 336 g/mol. The molecule has 0 fully saturated rings. The molecule has 1 aromatic heterocycles. The third-order valence-corrected chi connectivity index (χ3v) is 4.07. The van der Waals surface area contributed by atoms with E-state index in [1.54, 1.807) is 12.4 Å². The summed E-state index contributed by atoms with van der Waals surface area (Å²) in [6.45, 7) is 2.26. The van der Waals surface area contributed by atoms with Crippen molar-refractivity contribution in [3.05, 3.63) is 66.0 Å². The third-order valence-electron chi connectivity index (χ3n) is 4.07. The SMILES string of the molecule is C[C@H](NC(=O)C1=NN(Cc2ccccc2)C(=O)CC1)c1cccnc1. The standard InChI is InChI=1S/C19H20N4O2/c1-14(16-8-5-11-20-12-16)21-19(25)17-9-10-18(24)23(22-17)13-15-6-3-2-4-7-15/h2-8,11-12,14H,9-10,13H2,1H3,(H,21,25)/t14-/m0/s1. The van der Waals surface area contributed by atoms with Crippen LogP contribution in [0.3, 0.4) is 0 Å². The summed E-state index contributed by atoms with van der Waals surface area (Å²) in [6, 6.07) is 13.2. The molecule has 0 unspecified atom stereocenters. The Kier molecular flexibility index (Phi) is 5.18. The molecular formula is C19H20N4O2. The first-order valence-corrected chi connectivity index (χ1v) is 8.26. The molecule has 0 bridgehead atoms. The van der Waals surface area contributed by atoms with Crippen molar-refractivity contribution in [2.45, 2.75) is 32.4 Å². The Morgan fingerprint density at radius 1 is 1.20 bits per heavy atom. The van der Waals surface area contributed by atoms with E-state index in [9.17, 15) is 9.59 Å². The van der Waals surface area contributed by atoms with Crippen LogP contribution in [0.1, 0.15) is 36.9 Å². The van der Waals surface area contributed by atoms with Gasteiger partial charge in [-0.15, -0.1) is 0 Å². The Hall–Kier alpha value is -3.02. The van der Waals surface area contributed by atoms with Crippen LogP contribution >= 0.6 is 0 Å². The molecule has 1 aliphatic heterocycles. The van der Waals surface area contributed by atoms with Crippen LogP contribution < -0.4 is 5.32 Å². The number of aromatic nitrogens is 1. The minimum Gasteiger partial charge on any atom is -0.344 e. The van der Waals surface area contributed by atoms with Gasteiger partial charge in [-0.1, -0.05) is 36.4 Å². The van der Waals surface area contributed by atoms with Gasteiger partial charge < -0.3 is 5.32 Å². The first kappa shape index (κ1) is 16.8. The predicted molar refractivity (Wildman–Crippen MR) is 94.5 cm³/mol. The summed E-state index contributed by atoms with van der Waals surface area (Å²) in [6.07, 6.45) is 4.06. The molecule has 0 aliphatic carbocycles. The molecule has 25 heavy (non-hydrogen) atoms. The fourth-order valence-corrected chi connectivity index (χ4v) is 2.64. The molecule has 1 aliphatic rings. The number of hydrogen-bond donors (Lipinski definition) is 1. The fourth-order valence-electron chi connectivity index (χ4n) is 2.64. The summed E-state index contributed by atoms with van der Waals surface area (Å²) in [5, 5.41) is 8.57. The van der Waals surface area contributed by atoms with Crippen molar-refractivity contribution in [2.24, 2.45) is 5.10 Å². The molecule has 2 aromatic rings. The van der Waals surface area contributed by atoms with Crippen molar-refractivity contribution in [2.75, 3.05) is 0 Å². The highest BCUT2D eigenvalue weighted by Crippen LogP contribution is 2.15. The summed E-state index contributed by atoms with van der Waals surface area (Å²) in [4.78, 5) is 28.6. The lowest BCUT2D eigenvalue weighted by atomic mass is 10.1. The molecule has 1 aromatic carbocycles. The van der Waals surface area contributed by atoms with Gasteiger partial charge in [0.2, 0.25) is 5.91 Å². The van der Waals surface area contributed by atoms with Gasteiger partial charge in [-0.05, 0) is 24.1 Å². The second kappa shape index (κ2) is 7.70. The summed E-state index contributed by atoms with van der Waals surface area (Å²) >= 11 is 0. The molecule has 0 radical (unpaired) electrons. The van der Waals surface area contributed by atoms with Crippen molar-refractivity contribution in [1.29, 1.82) is 0 Å². The van der Waals surface area contributed by atoms with E-state index >= 15 is 0 Å². The molecule has 3 rings (SSSR count). The maximum Gasteiger partial charge on any atom is 0.267 e. The first-order valence-electron chi connectivity index (χ1n) is 8.26. The van der Waals surface area contributed by atoms with E-state index in [1.165, 1.54) is 5.01 Å². The van der Waals surface area contributed by atoms with E-state index < -0.39 is 0 Å². The highest BCUT2D eigenvalue weighted by Gasteiger charge is 2.25. The van der Waals surface area contributed by atoms with E-state index in [0.717, 1.165) is 11.1 Å². The van der Waals surface area contributed by atoms with Gasteiger partial charge in [0.1, 0.15) is 5.71 Å². The van der Waals surface area contributed by atoms with E-state index in [2.05, 4.69) is 15.4 Å². The van der Waals surface area contributed by atoms with E-state index in [-0.39, 0.29) is 17.9 Å². The summed E-state index contributed by atoms with van der Waals surface area (Å²) < 4.78 is 0. The van der Waals surface area contributed by atoms with Gasteiger partial charge >= 0.3 is 0 Å². The molecule has 0 saturated carbocycles. The van der Waals surface area contributed by atoms with Gasteiger partial charge in [-0.3, -0.25) is 14.6 Å². The average Bonchev–Trinajstić information content (AvgIpc) is 2.65. The van der Waals surface area contributed by atoms with Crippen LogP contribution in [0, 0.1) is 0 Å². The van der Waals surface area contributed by atoms with Crippen LogP contribution in [0.2, 0.25) is 0 Å². The number of hydrogen-bond acceptors (Lipinski definition) is 4. The Bertz CT molecular complexity index is 775. The van der Waals surface area contributed by atoms with E-state index in [4.69, 9.17) is 0 Å². The fraction of sp³-hybridized carbons (Fsp3) is 0.263. The van der Waals surface area contributed by atoms with Crippen LogP contribution in [0.15, 0.2) is 60.0 Å². The van der Waals surface area contributed by atoms with Gasteiger partial charge in [-0.25, -0.2) is 5.01 Å². The first-order chi connectivity index (χ1) is 12.1. The monoisotopic (exact) mass is 336 g/mol. The Morgan fingerprint density at radius 3 is 2.72 bits per heavy atom. The quantitative estimate of drug-likeness (QED) is 0.911. The zero-order valence-electron chi connectivity index (χ0n) is 14.1. The third kappa shape index (κ3) is 4.29. The maximum atomic E-state index is 12.5. The molecule has 1 N–H and O–H groups in total. The number of benzene rings is 1. The molecule has 0 spiro atoms. The number of pyridine rings is 1. The van der Waals surface area contributed by atoms with Crippen molar-refractivity contribution in [1.82, 2.24) is 15.3 Å². The smallest absolute Gasteiger partial charge is 0.267 e. The molecule has 2 amide bonds. The van der Waals surface area contributed by atoms with Crippen LogP contribution in [-0.4, -0.2) is 27.5 Å². The minimum atomic E-state index is -0.248. The van der Waals surface area contributed by atoms with Crippen molar-refractivity contribution in [3.63, 3.8) is 0 Å². The molecular weight excluding hydrogens is 316 g/mol. The number of carbonyl (C=O) groups is 2. The van der Waals surface area contributed by atoms with Crippen molar-refractivity contribution < 1.29 is 9.59 Å². The lowest BCUT2D eigenvalue weighted by Crippen LogP contribution is -2.39. The van der Waals surface area contributed by atoms with Crippen molar-refractivity contribution in [3.8, 4) is 0 Å². The number of rotatable bonds is 5. The van der Waals surface area contributed by atoms with Gasteiger partial charge in [0.25, 0.3) is 5.91 Å². The number of carbonyl (C=O) groups excluding carboxylic acids is 2. The zero-order valence-corrected chi connectivity index (χ0v) is 14.1. The predicted octanol–water partition coefficient (Wildman–Crippen LogP) is 2.44. The van der Waals surface area contributed by atoms with Gasteiger partial charge in [0, 0.05) is 25.2 Å². The topological polar surface area (TPSA) is 74.7 Å². The van der Waals surface area contributed by atoms with Crippen LogP contribution in [0.5, 0.6) is 0 Å². The summed E-state index contributed by atoms with van der Waals surface area (Å²) in [7, 11) is 0. The van der Waals surface area contributed by atoms with Gasteiger partial charge in [-0.2, -0.15) is 5.10 Å². The highest BCUT2D eigenvalue weighted by atomic mass is 16.2. The molecule has 128 valence electrons. The van der Waals surface area contributed by atoms with Crippen LogP contribution in [0.4, 0.5) is 0 Å². The Labute approximate surface area is 146 Å². The zero-order chi connectivity index (χ0) is 17.6. The highest BCUT2D eigenvalue weighted by molar-refractivity contribution is 6.39. The van der Waals surface area contributed by atoms with Crippen LogP contribution in [0.25, 0.3) is 0 Å². The summed E-state index contributed by atoms with van der Waals surface area (Å²) in [5.41, 5.74) is 2.28. The van der Waals surface area contributed by atoms with E-state index in [0.29, 0.717) is 25.1 Å². The summed E-state index contributed by atoms with van der Waals surface area (Å²) in [5.74, 6) is -0.317. The molecule has 2 heterocycles. The molecule has 6 heteroatoms. The number of amides is 2. The van der Waals surface area contributed by atoms with Gasteiger partial charge in [0.05, 0.1) is 12.6 Å². The Balaban J connectivity index is 1.69. The normalized spacial score (nSPS) is 15.5. The number of hydrazone groups is 1. The minimum absolute atomic E-state index is 0.0688. The number of nitrogens with one attached hydrogen (secondary N) is 1. The largest absolute Gasteiger partial charge is 0.344 e. The lowest BCUT2D eigenvalue weighted by Gasteiger charge is -2.24. The second-order valence-electron chi connectivity index (χ2n) is 5.97. The maximum absolute atomic E-state index is 12.5. The molecule has 1 atom stereocenters. The number of nitrogens with zero attached hydrogens (tertiary/aromatic N) is 3. The van der Waals surface area contributed by atoms with Crippen LogP contribution in [-0.2, 0) is 16.1 Å². The second-order valence-corrected chi connectivity index (χ2v) is 5.97. The van der Waals surface area contributed by atoms with E-state index in [1.807, 2.05) is 49.4 Å². The lowest BCUT2D eigenvalue weighted by molar-refractivity contribution is -0.132. The molecule has 0 saturated heterocycles. The van der Waals surface area contributed by atoms with Gasteiger partial charge in [0.15, 0.2) is 0 Å². The van der Waals surface area contributed by atoms with Crippen molar-refractivity contribution >= 4 is 17.5 Å². The Morgan fingerprint density at radius 2 is 2.00 bits per heavy atom.